The number of rotatable bonds is 5. The molecule has 0 fully saturated rings. The van der Waals surface area contributed by atoms with Crippen molar-refractivity contribution in [3.05, 3.63) is 45.5 Å². The molecule has 6 nitrogen and oxygen atoms in total. The lowest BCUT2D eigenvalue weighted by Crippen LogP contribution is -2.11. The Balaban J connectivity index is 3.04. The molecule has 20 heavy (non-hydrogen) atoms. The Labute approximate surface area is 116 Å². The lowest BCUT2D eigenvalue weighted by molar-refractivity contribution is -0.385. The summed E-state index contributed by atoms with van der Waals surface area (Å²) in [4.78, 5) is 22.0. The molecule has 0 saturated carbocycles. The number of nitro groups is 1. The fourth-order valence-corrected chi connectivity index (χ4v) is 1.39. The second kappa shape index (κ2) is 7.04. The lowest BCUT2D eigenvalue weighted by Gasteiger charge is -2.06. The molecule has 0 aliphatic heterocycles. The Morgan fingerprint density at radius 3 is 2.70 bits per heavy atom. The maximum absolute atomic E-state index is 11.7. The number of carbonyl (C=O) groups is 1. The van der Waals surface area contributed by atoms with Crippen LogP contribution in [0.5, 0.6) is 0 Å². The van der Waals surface area contributed by atoms with Crippen LogP contribution in [0.4, 0.5) is 5.69 Å². The third-order valence-corrected chi connectivity index (χ3v) is 2.32. The highest BCUT2D eigenvalue weighted by molar-refractivity contribution is 5.98. The van der Waals surface area contributed by atoms with E-state index >= 15 is 0 Å². The molecule has 0 aliphatic rings. The molecule has 0 spiro atoms. The highest BCUT2D eigenvalue weighted by atomic mass is 16.6. The zero-order valence-electron chi connectivity index (χ0n) is 11.2. The molecule has 0 unspecified atom stereocenters. The SMILES string of the molecule is CC(C)COC(=O)C(C#N)=Cc1ccccc1[N+](=O)[O-]. The first-order valence-corrected chi connectivity index (χ1v) is 5.98. The highest BCUT2D eigenvalue weighted by Crippen LogP contribution is 2.20. The number of ether oxygens (including phenoxy) is 1. The van der Waals surface area contributed by atoms with Gasteiger partial charge < -0.3 is 4.74 Å². The highest BCUT2D eigenvalue weighted by Gasteiger charge is 2.16. The minimum absolute atomic E-state index is 0.143. The van der Waals surface area contributed by atoms with E-state index in [2.05, 4.69) is 0 Å². The summed E-state index contributed by atoms with van der Waals surface area (Å²) in [5, 5.41) is 19.8. The van der Waals surface area contributed by atoms with Gasteiger partial charge in [0.2, 0.25) is 0 Å². The Hall–Kier alpha value is -2.68. The average molecular weight is 274 g/mol. The minimum Gasteiger partial charge on any atom is -0.461 e. The Bertz CT molecular complexity index is 585. The van der Waals surface area contributed by atoms with E-state index in [0.717, 1.165) is 0 Å². The van der Waals surface area contributed by atoms with E-state index in [1.807, 2.05) is 13.8 Å². The number of hydrogen-bond donors (Lipinski definition) is 0. The molecule has 1 aromatic carbocycles. The first-order valence-electron chi connectivity index (χ1n) is 5.98. The molecular formula is C14H14N2O4. The van der Waals surface area contributed by atoms with Crippen molar-refractivity contribution in [2.75, 3.05) is 6.61 Å². The van der Waals surface area contributed by atoms with Crippen LogP contribution in [0.1, 0.15) is 19.4 Å². The standard InChI is InChI=1S/C14H14N2O4/c1-10(2)9-20-14(17)12(8-15)7-11-5-3-4-6-13(11)16(18)19/h3-7,10H,9H2,1-2H3. The normalized spacial score (nSPS) is 11.0. The Morgan fingerprint density at radius 1 is 1.50 bits per heavy atom. The van der Waals surface area contributed by atoms with E-state index in [-0.39, 0.29) is 29.3 Å². The molecule has 0 atom stereocenters. The summed E-state index contributed by atoms with van der Waals surface area (Å²) in [6.07, 6.45) is 1.17. The van der Waals surface area contributed by atoms with Crippen LogP contribution >= 0.6 is 0 Å². The van der Waals surface area contributed by atoms with Gasteiger partial charge in [0.1, 0.15) is 11.6 Å². The lowest BCUT2D eigenvalue weighted by atomic mass is 10.1. The van der Waals surface area contributed by atoms with Gasteiger partial charge in [0, 0.05) is 6.07 Å². The zero-order valence-corrected chi connectivity index (χ0v) is 11.2. The molecule has 6 heteroatoms. The molecular weight excluding hydrogens is 260 g/mol. The topological polar surface area (TPSA) is 93.2 Å². The number of para-hydroxylation sites is 1. The molecule has 1 rings (SSSR count). The van der Waals surface area contributed by atoms with Gasteiger partial charge in [0.25, 0.3) is 5.69 Å². The van der Waals surface area contributed by atoms with Crippen LogP contribution in [0.25, 0.3) is 6.08 Å². The van der Waals surface area contributed by atoms with Gasteiger partial charge in [-0.25, -0.2) is 4.79 Å². The van der Waals surface area contributed by atoms with Crippen molar-refractivity contribution in [1.82, 2.24) is 0 Å². The molecule has 0 heterocycles. The van der Waals surface area contributed by atoms with Gasteiger partial charge in [-0.3, -0.25) is 10.1 Å². The summed E-state index contributed by atoms with van der Waals surface area (Å²) in [6.45, 7) is 3.92. The molecule has 0 bridgehead atoms. The smallest absolute Gasteiger partial charge is 0.348 e. The van der Waals surface area contributed by atoms with Crippen molar-refractivity contribution in [2.24, 2.45) is 5.92 Å². The van der Waals surface area contributed by atoms with Crippen molar-refractivity contribution >= 4 is 17.7 Å². The van der Waals surface area contributed by atoms with Crippen molar-refractivity contribution in [3.8, 4) is 6.07 Å². The van der Waals surface area contributed by atoms with Gasteiger partial charge in [0.05, 0.1) is 17.1 Å². The molecule has 0 aromatic heterocycles. The van der Waals surface area contributed by atoms with E-state index in [9.17, 15) is 14.9 Å². The van der Waals surface area contributed by atoms with Crippen molar-refractivity contribution in [3.63, 3.8) is 0 Å². The predicted molar refractivity (Wildman–Crippen MR) is 72.5 cm³/mol. The van der Waals surface area contributed by atoms with Crippen LogP contribution in [0.3, 0.4) is 0 Å². The van der Waals surface area contributed by atoms with E-state index in [1.165, 1.54) is 24.3 Å². The Morgan fingerprint density at radius 2 is 2.15 bits per heavy atom. The predicted octanol–water partition coefficient (Wildman–Crippen LogP) is 2.70. The number of benzene rings is 1. The van der Waals surface area contributed by atoms with Gasteiger partial charge in [-0.1, -0.05) is 26.0 Å². The van der Waals surface area contributed by atoms with Crippen LogP contribution in [0.2, 0.25) is 0 Å². The molecule has 0 saturated heterocycles. The monoisotopic (exact) mass is 274 g/mol. The van der Waals surface area contributed by atoms with E-state index < -0.39 is 10.9 Å². The van der Waals surface area contributed by atoms with E-state index in [0.29, 0.717) is 0 Å². The largest absolute Gasteiger partial charge is 0.461 e. The first kappa shape index (κ1) is 15.4. The third-order valence-electron chi connectivity index (χ3n) is 2.32. The van der Waals surface area contributed by atoms with Crippen molar-refractivity contribution in [1.29, 1.82) is 5.26 Å². The van der Waals surface area contributed by atoms with Crippen LogP contribution in [0, 0.1) is 27.4 Å². The maximum atomic E-state index is 11.7. The maximum Gasteiger partial charge on any atom is 0.348 e. The third kappa shape index (κ3) is 4.21. The zero-order chi connectivity index (χ0) is 15.1. The van der Waals surface area contributed by atoms with Gasteiger partial charge in [-0.15, -0.1) is 0 Å². The van der Waals surface area contributed by atoms with E-state index in [1.54, 1.807) is 12.1 Å². The second-order valence-electron chi connectivity index (χ2n) is 4.48. The second-order valence-corrected chi connectivity index (χ2v) is 4.48. The summed E-state index contributed by atoms with van der Waals surface area (Å²) in [5.41, 5.74) is -0.243. The van der Waals surface area contributed by atoms with Gasteiger partial charge in [-0.2, -0.15) is 5.26 Å². The molecule has 0 aliphatic carbocycles. The number of carbonyl (C=O) groups excluding carboxylic acids is 1. The number of hydrogen-bond acceptors (Lipinski definition) is 5. The number of nitriles is 1. The number of nitrogens with zero attached hydrogens (tertiary/aromatic N) is 2. The first-order chi connectivity index (χ1) is 9.45. The van der Waals surface area contributed by atoms with E-state index in [4.69, 9.17) is 10.00 Å². The van der Waals surface area contributed by atoms with Crippen LogP contribution in [-0.2, 0) is 9.53 Å². The average Bonchev–Trinajstić information content (AvgIpc) is 2.42. The quantitative estimate of drug-likeness (QED) is 0.270. The molecule has 104 valence electrons. The fraction of sp³-hybridized carbons (Fsp3) is 0.286. The van der Waals surface area contributed by atoms with Gasteiger partial charge >= 0.3 is 5.97 Å². The Kier molecular flexibility index (Phi) is 5.42. The molecule has 0 amide bonds. The fourth-order valence-electron chi connectivity index (χ4n) is 1.39. The number of nitro benzene ring substituents is 1. The molecule has 1 aromatic rings. The van der Waals surface area contributed by atoms with Crippen molar-refractivity contribution < 1.29 is 14.5 Å². The van der Waals surface area contributed by atoms with Crippen LogP contribution < -0.4 is 0 Å². The summed E-state index contributed by atoms with van der Waals surface area (Å²) >= 11 is 0. The summed E-state index contributed by atoms with van der Waals surface area (Å²) in [7, 11) is 0. The van der Waals surface area contributed by atoms with Crippen LogP contribution in [-0.4, -0.2) is 17.5 Å². The molecule has 0 radical (unpaired) electrons. The van der Waals surface area contributed by atoms with Gasteiger partial charge in [0.15, 0.2) is 0 Å². The van der Waals surface area contributed by atoms with Gasteiger partial charge in [-0.05, 0) is 18.1 Å². The molecule has 0 N–H and O–H groups in total. The van der Waals surface area contributed by atoms with Crippen molar-refractivity contribution in [2.45, 2.75) is 13.8 Å². The summed E-state index contributed by atoms with van der Waals surface area (Å²) in [5.74, 6) is -0.635. The van der Waals surface area contributed by atoms with Crippen LogP contribution in [0.15, 0.2) is 29.8 Å². The number of esters is 1. The summed E-state index contributed by atoms with van der Waals surface area (Å²) < 4.78 is 4.93. The minimum atomic E-state index is -0.778. The summed E-state index contributed by atoms with van der Waals surface area (Å²) in [6, 6.07) is 7.58.